The molecular formula is C17H16N4O5S. The van der Waals surface area contributed by atoms with Crippen molar-refractivity contribution in [2.45, 2.75) is 4.90 Å². The summed E-state index contributed by atoms with van der Waals surface area (Å²) in [5.41, 5.74) is 1.05. The van der Waals surface area contributed by atoms with Gasteiger partial charge in [0.2, 0.25) is 5.89 Å². The van der Waals surface area contributed by atoms with E-state index in [0.29, 0.717) is 17.0 Å². The van der Waals surface area contributed by atoms with Crippen molar-refractivity contribution in [2.24, 2.45) is 0 Å². The van der Waals surface area contributed by atoms with Crippen molar-refractivity contribution >= 4 is 27.6 Å². The molecular weight excluding hydrogens is 372 g/mol. The number of nitrogens with one attached hydrogen (secondary N) is 2. The Morgan fingerprint density at radius 1 is 1.07 bits per heavy atom. The summed E-state index contributed by atoms with van der Waals surface area (Å²) in [6, 6.07) is 12.2. The second kappa shape index (κ2) is 7.46. The summed E-state index contributed by atoms with van der Waals surface area (Å²) in [6.07, 6.45) is 1.12. The van der Waals surface area contributed by atoms with Crippen molar-refractivity contribution in [1.29, 1.82) is 0 Å². The zero-order valence-corrected chi connectivity index (χ0v) is 15.3. The van der Waals surface area contributed by atoms with E-state index in [-0.39, 0.29) is 16.8 Å². The minimum atomic E-state index is -3.29. The molecule has 0 saturated heterocycles. The van der Waals surface area contributed by atoms with Gasteiger partial charge < -0.3 is 14.5 Å². The van der Waals surface area contributed by atoms with Gasteiger partial charge in [0.25, 0.3) is 0 Å². The van der Waals surface area contributed by atoms with Crippen LogP contribution in [0.2, 0.25) is 0 Å². The first-order valence-corrected chi connectivity index (χ1v) is 9.60. The molecule has 0 aliphatic heterocycles. The summed E-state index contributed by atoms with van der Waals surface area (Å²) in [5.74, 6) is 0.747. The number of hydrogen-bond donors (Lipinski definition) is 2. The number of carbonyl (C=O) groups is 1. The molecule has 0 saturated carbocycles. The summed E-state index contributed by atoms with van der Waals surface area (Å²) >= 11 is 0. The van der Waals surface area contributed by atoms with Crippen LogP contribution in [0.1, 0.15) is 0 Å². The van der Waals surface area contributed by atoms with Crippen LogP contribution in [0.15, 0.2) is 57.8 Å². The third-order valence-electron chi connectivity index (χ3n) is 3.50. The first kappa shape index (κ1) is 18.4. The fourth-order valence-electron chi connectivity index (χ4n) is 2.20. The number of anilines is 2. The lowest BCUT2D eigenvalue weighted by Gasteiger charge is -2.06. The molecule has 10 heteroatoms. The molecule has 140 valence electrons. The van der Waals surface area contributed by atoms with Crippen LogP contribution in [0.5, 0.6) is 5.75 Å². The van der Waals surface area contributed by atoms with Crippen LogP contribution < -0.4 is 15.4 Å². The van der Waals surface area contributed by atoms with Crippen LogP contribution in [0.25, 0.3) is 11.5 Å². The normalized spacial score (nSPS) is 11.0. The molecule has 9 nitrogen and oxygen atoms in total. The average Bonchev–Trinajstić information content (AvgIpc) is 3.09. The van der Waals surface area contributed by atoms with E-state index in [4.69, 9.17) is 9.15 Å². The molecule has 0 fully saturated rings. The predicted molar refractivity (Wildman–Crippen MR) is 98.5 cm³/mol. The molecule has 27 heavy (non-hydrogen) atoms. The van der Waals surface area contributed by atoms with Crippen molar-refractivity contribution in [3.8, 4) is 17.2 Å². The number of hydrogen-bond acceptors (Lipinski definition) is 7. The number of carbonyl (C=O) groups excluding carboxylic acids is 1. The van der Waals surface area contributed by atoms with Crippen LogP contribution in [-0.4, -0.2) is 38.0 Å². The Morgan fingerprint density at radius 3 is 2.48 bits per heavy atom. The molecule has 1 aromatic heterocycles. The molecule has 0 aliphatic carbocycles. The van der Waals surface area contributed by atoms with Crippen molar-refractivity contribution in [2.75, 3.05) is 24.0 Å². The van der Waals surface area contributed by atoms with Gasteiger partial charge in [-0.05, 0) is 36.4 Å². The van der Waals surface area contributed by atoms with Gasteiger partial charge in [-0.3, -0.25) is 5.32 Å². The molecule has 3 rings (SSSR count). The van der Waals surface area contributed by atoms with E-state index in [2.05, 4.69) is 20.8 Å². The van der Waals surface area contributed by atoms with Crippen molar-refractivity contribution in [1.82, 2.24) is 10.2 Å². The Kier molecular flexibility index (Phi) is 5.08. The van der Waals surface area contributed by atoms with E-state index in [0.717, 1.165) is 6.26 Å². The molecule has 0 unspecified atom stereocenters. The van der Waals surface area contributed by atoms with Crippen LogP contribution in [0.4, 0.5) is 16.5 Å². The van der Waals surface area contributed by atoms with Gasteiger partial charge in [0.1, 0.15) is 5.75 Å². The summed E-state index contributed by atoms with van der Waals surface area (Å²) in [7, 11) is -1.76. The van der Waals surface area contributed by atoms with Crippen molar-refractivity contribution < 1.29 is 22.4 Å². The molecule has 3 aromatic rings. The van der Waals surface area contributed by atoms with Gasteiger partial charge in [-0.1, -0.05) is 11.2 Å². The number of ether oxygens (including phenoxy) is 1. The standard InChI is InChI=1S/C17H16N4O5S/c1-25-13-5-3-4-12(10-13)18-16(22)19-17-21-20-15(26-17)11-6-8-14(9-7-11)27(2,23)24/h3-10H,1-2H3,(H2,18,19,21,22). The number of sulfone groups is 1. The maximum absolute atomic E-state index is 12.0. The zero-order valence-electron chi connectivity index (χ0n) is 14.5. The van der Waals surface area contributed by atoms with E-state index < -0.39 is 15.9 Å². The van der Waals surface area contributed by atoms with Crippen molar-refractivity contribution in [3.05, 3.63) is 48.5 Å². The Morgan fingerprint density at radius 2 is 1.81 bits per heavy atom. The molecule has 0 atom stereocenters. The van der Waals surface area contributed by atoms with Crippen molar-refractivity contribution in [3.63, 3.8) is 0 Å². The van der Waals surface area contributed by atoms with Crippen LogP contribution in [-0.2, 0) is 9.84 Å². The Labute approximate surface area is 155 Å². The number of rotatable bonds is 5. The van der Waals surface area contributed by atoms with E-state index in [9.17, 15) is 13.2 Å². The van der Waals surface area contributed by atoms with Gasteiger partial charge in [-0.2, -0.15) is 0 Å². The third-order valence-corrected chi connectivity index (χ3v) is 4.63. The smallest absolute Gasteiger partial charge is 0.327 e. The summed E-state index contributed by atoms with van der Waals surface area (Å²) in [6.45, 7) is 0. The number of methoxy groups -OCH3 is 1. The SMILES string of the molecule is COc1cccc(NC(=O)Nc2nnc(-c3ccc(S(C)(=O)=O)cc3)o2)c1. The predicted octanol–water partition coefficient (Wildman–Crippen LogP) is 2.79. The van der Waals surface area contributed by atoms with Gasteiger partial charge >= 0.3 is 12.0 Å². The lowest BCUT2D eigenvalue weighted by atomic mass is 10.2. The fourth-order valence-corrected chi connectivity index (χ4v) is 2.83. The fraction of sp³-hybridized carbons (Fsp3) is 0.118. The molecule has 0 bridgehead atoms. The maximum atomic E-state index is 12.0. The largest absolute Gasteiger partial charge is 0.497 e. The van der Waals surface area contributed by atoms with Crippen LogP contribution >= 0.6 is 0 Å². The second-order valence-corrected chi connectivity index (χ2v) is 7.54. The van der Waals surface area contributed by atoms with Gasteiger partial charge in [-0.25, -0.2) is 13.2 Å². The Bertz CT molecular complexity index is 1060. The minimum absolute atomic E-state index is 0.0995. The number of benzene rings is 2. The van der Waals surface area contributed by atoms with E-state index in [1.54, 1.807) is 36.4 Å². The highest BCUT2D eigenvalue weighted by Gasteiger charge is 2.13. The molecule has 2 amide bonds. The second-order valence-electron chi connectivity index (χ2n) is 5.52. The lowest BCUT2D eigenvalue weighted by Crippen LogP contribution is -2.19. The first-order chi connectivity index (χ1) is 12.8. The van der Waals surface area contributed by atoms with Crippen LogP contribution in [0.3, 0.4) is 0 Å². The summed E-state index contributed by atoms with van der Waals surface area (Å²) in [5, 5.41) is 12.6. The molecule has 0 spiro atoms. The highest BCUT2D eigenvalue weighted by molar-refractivity contribution is 7.90. The number of aromatic nitrogens is 2. The Balaban J connectivity index is 1.67. The topological polar surface area (TPSA) is 123 Å². The number of amides is 2. The van der Waals surface area contributed by atoms with E-state index >= 15 is 0 Å². The highest BCUT2D eigenvalue weighted by atomic mass is 32.2. The van der Waals surface area contributed by atoms with Gasteiger partial charge in [-0.15, -0.1) is 5.10 Å². The maximum Gasteiger partial charge on any atom is 0.327 e. The Hall–Kier alpha value is -3.40. The monoisotopic (exact) mass is 388 g/mol. The van der Waals surface area contributed by atoms with Crippen LogP contribution in [0, 0.1) is 0 Å². The van der Waals surface area contributed by atoms with Gasteiger partial charge in [0.15, 0.2) is 9.84 Å². The minimum Gasteiger partial charge on any atom is -0.497 e. The zero-order chi connectivity index (χ0) is 19.4. The molecule has 2 N–H and O–H groups in total. The summed E-state index contributed by atoms with van der Waals surface area (Å²) < 4.78 is 33.4. The summed E-state index contributed by atoms with van der Waals surface area (Å²) in [4.78, 5) is 12.2. The third kappa shape index (κ3) is 4.61. The van der Waals surface area contributed by atoms with E-state index in [1.165, 1.54) is 19.2 Å². The van der Waals surface area contributed by atoms with Gasteiger partial charge in [0.05, 0.1) is 12.0 Å². The lowest BCUT2D eigenvalue weighted by molar-refractivity contribution is 0.261. The number of urea groups is 1. The van der Waals surface area contributed by atoms with Gasteiger partial charge in [0, 0.05) is 23.6 Å². The molecule has 1 heterocycles. The number of nitrogens with zero attached hydrogens (tertiary/aromatic N) is 2. The molecule has 2 aromatic carbocycles. The van der Waals surface area contributed by atoms with E-state index in [1.807, 2.05) is 0 Å². The molecule has 0 aliphatic rings. The first-order valence-electron chi connectivity index (χ1n) is 7.71. The quantitative estimate of drug-likeness (QED) is 0.689. The highest BCUT2D eigenvalue weighted by Crippen LogP contribution is 2.22. The average molecular weight is 388 g/mol. The molecule has 0 radical (unpaired) electrons.